The van der Waals surface area contributed by atoms with Crippen LogP contribution in [0.3, 0.4) is 0 Å². The lowest BCUT2D eigenvalue weighted by atomic mass is 10.1. The minimum atomic E-state index is -0.943. The molecule has 0 aliphatic heterocycles. The van der Waals surface area contributed by atoms with Crippen LogP contribution in [-0.4, -0.2) is 30.4 Å². The lowest BCUT2D eigenvalue weighted by Crippen LogP contribution is -2.29. The van der Waals surface area contributed by atoms with Crippen molar-refractivity contribution in [2.75, 3.05) is 7.11 Å². The second kappa shape index (κ2) is 6.25. The zero-order valence-electron chi connectivity index (χ0n) is 10.3. The Morgan fingerprint density at radius 1 is 1.41 bits per heavy atom. The van der Waals surface area contributed by atoms with Crippen LogP contribution in [0.2, 0.25) is 0 Å². The van der Waals surface area contributed by atoms with Crippen LogP contribution in [0.1, 0.15) is 19.4 Å². The molecule has 0 bridgehead atoms. The molecule has 94 valence electrons. The van der Waals surface area contributed by atoms with Gasteiger partial charge in [-0.05, 0) is 31.5 Å². The maximum absolute atomic E-state index is 11.0. The number of ether oxygens (including phenoxy) is 2. The normalized spacial score (nSPS) is 12.5. The molecule has 1 atom stereocenters. The Balaban J connectivity index is 2.74. The van der Waals surface area contributed by atoms with E-state index < -0.39 is 12.1 Å². The minimum absolute atomic E-state index is 0.110. The van der Waals surface area contributed by atoms with Crippen molar-refractivity contribution in [3.63, 3.8) is 0 Å². The smallest absolute Gasteiger partial charge is 0.333 e. The summed E-state index contributed by atoms with van der Waals surface area (Å²) in [5, 5.41) is 9.05. The molecule has 0 aliphatic carbocycles. The van der Waals surface area contributed by atoms with E-state index in [0.29, 0.717) is 6.42 Å². The first kappa shape index (κ1) is 13.5. The molecule has 17 heavy (non-hydrogen) atoms. The van der Waals surface area contributed by atoms with Crippen LogP contribution >= 0.6 is 0 Å². The average molecular weight is 238 g/mol. The average Bonchev–Trinajstić information content (AvgIpc) is 2.27. The van der Waals surface area contributed by atoms with Gasteiger partial charge in [-0.2, -0.15) is 0 Å². The third-order valence-corrected chi connectivity index (χ3v) is 2.27. The van der Waals surface area contributed by atoms with Crippen LogP contribution in [0, 0.1) is 0 Å². The van der Waals surface area contributed by atoms with Crippen LogP contribution in [-0.2, 0) is 16.0 Å². The molecule has 0 unspecified atom stereocenters. The Labute approximate surface area is 101 Å². The first-order chi connectivity index (χ1) is 8.02. The Morgan fingerprint density at radius 3 is 2.65 bits per heavy atom. The standard InChI is InChI=1S/C13H18O4/c1-9(2)17-12(13(14)15)8-10-5-4-6-11(7-10)16-3/h4-7,9,12H,8H2,1-3H3,(H,14,15)/t12-/m1/s1. The zero-order valence-corrected chi connectivity index (χ0v) is 10.3. The van der Waals surface area contributed by atoms with Crippen molar-refractivity contribution >= 4 is 5.97 Å². The van der Waals surface area contributed by atoms with E-state index in [-0.39, 0.29) is 6.10 Å². The number of hydrogen-bond donors (Lipinski definition) is 1. The number of aliphatic carboxylic acids is 1. The fraction of sp³-hybridized carbons (Fsp3) is 0.462. The van der Waals surface area contributed by atoms with Crippen LogP contribution in [0.15, 0.2) is 24.3 Å². The first-order valence-corrected chi connectivity index (χ1v) is 5.54. The van der Waals surface area contributed by atoms with E-state index in [2.05, 4.69) is 0 Å². The highest BCUT2D eigenvalue weighted by Gasteiger charge is 2.20. The minimum Gasteiger partial charge on any atom is -0.497 e. The van der Waals surface area contributed by atoms with E-state index >= 15 is 0 Å². The van der Waals surface area contributed by atoms with Gasteiger partial charge in [0.05, 0.1) is 13.2 Å². The van der Waals surface area contributed by atoms with Crippen LogP contribution in [0.4, 0.5) is 0 Å². The second-order valence-electron chi connectivity index (χ2n) is 4.07. The summed E-state index contributed by atoms with van der Waals surface area (Å²) >= 11 is 0. The van der Waals surface area contributed by atoms with Crippen LogP contribution in [0.25, 0.3) is 0 Å². The molecule has 1 rings (SSSR count). The van der Waals surface area contributed by atoms with Crippen LogP contribution < -0.4 is 4.74 Å². The van der Waals surface area contributed by atoms with Gasteiger partial charge >= 0.3 is 5.97 Å². The monoisotopic (exact) mass is 238 g/mol. The first-order valence-electron chi connectivity index (χ1n) is 5.54. The summed E-state index contributed by atoms with van der Waals surface area (Å²) in [6.45, 7) is 3.64. The maximum atomic E-state index is 11.0. The van der Waals surface area contributed by atoms with Gasteiger partial charge in [0.2, 0.25) is 0 Å². The van der Waals surface area contributed by atoms with E-state index in [1.807, 2.05) is 38.1 Å². The van der Waals surface area contributed by atoms with E-state index in [4.69, 9.17) is 14.6 Å². The maximum Gasteiger partial charge on any atom is 0.333 e. The summed E-state index contributed by atoms with van der Waals surface area (Å²) in [5.74, 6) is -0.224. The van der Waals surface area contributed by atoms with E-state index in [9.17, 15) is 4.79 Å². The predicted molar refractivity (Wildman–Crippen MR) is 64.3 cm³/mol. The summed E-state index contributed by atoms with van der Waals surface area (Å²) in [7, 11) is 1.58. The van der Waals surface area contributed by atoms with Crippen molar-refractivity contribution in [2.45, 2.75) is 32.5 Å². The molecule has 4 nitrogen and oxygen atoms in total. The third-order valence-electron chi connectivity index (χ3n) is 2.27. The summed E-state index contributed by atoms with van der Waals surface area (Å²) < 4.78 is 10.4. The highest BCUT2D eigenvalue weighted by atomic mass is 16.5. The number of methoxy groups -OCH3 is 1. The van der Waals surface area contributed by atoms with Crippen molar-refractivity contribution in [1.29, 1.82) is 0 Å². The molecule has 4 heteroatoms. The highest BCUT2D eigenvalue weighted by Crippen LogP contribution is 2.15. The molecule has 0 saturated carbocycles. The molecule has 0 aliphatic rings. The Bertz CT molecular complexity index is 373. The van der Waals surface area contributed by atoms with E-state index in [1.165, 1.54) is 0 Å². The quantitative estimate of drug-likeness (QED) is 0.824. The fourth-order valence-corrected chi connectivity index (χ4v) is 1.54. The molecule has 0 aromatic heterocycles. The largest absolute Gasteiger partial charge is 0.497 e. The van der Waals surface area contributed by atoms with Gasteiger partial charge in [-0.25, -0.2) is 4.79 Å². The summed E-state index contributed by atoms with van der Waals surface area (Å²) in [6.07, 6.45) is -0.589. The molecular weight excluding hydrogens is 220 g/mol. The summed E-state index contributed by atoms with van der Waals surface area (Å²) in [5.41, 5.74) is 0.886. The Hall–Kier alpha value is -1.55. The van der Waals surface area contributed by atoms with Crippen molar-refractivity contribution in [2.24, 2.45) is 0 Å². The molecule has 0 spiro atoms. The number of rotatable bonds is 6. The number of carboxylic acid groups (broad SMARTS) is 1. The highest BCUT2D eigenvalue weighted by molar-refractivity contribution is 5.72. The molecule has 0 saturated heterocycles. The van der Waals surface area contributed by atoms with Gasteiger partial charge in [0.1, 0.15) is 5.75 Å². The topological polar surface area (TPSA) is 55.8 Å². The molecule has 1 aromatic rings. The number of benzene rings is 1. The Morgan fingerprint density at radius 2 is 2.12 bits per heavy atom. The molecule has 0 fully saturated rings. The predicted octanol–water partition coefficient (Wildman–Crippen LogP) is 2.12. The van der Waals surface area contributed by atoms with Crippen molar-refractivity contribution in [1.82, 2.24) is 0 Å². The SMILES string of the molecule is COc1cccc(C[C@@H](OC(C)C)C(=O)O)c1. The molecule has 0 heterocycles. The van der Waals surface area contributed by atoms with Crippen LogP contribution in [0.5, 0.6) is 5.75 Å². The summed E-state index contributed by atoms with van der Waals surface area (Å²) in [4.78, 5) is 11.0. The second-order valence-corrected chi connectivity index (χ2v) is 4.07. The van der Waals surface area contributed by atoms with Crippen molar-refractivity contribution in [3.8, 4) is 5.75 Å². The molecule has 0 amide bonds. The van der Waals surface area contributed by atoms with Gasteiger partial charge in [-0.1, -0.05) is 12.1 Å². The van der Waals surface area contributed by atoms with Gasteiger partial charge in [0.15, 0.2) is 6.10 Å². The number of carboxylic acids is 1. The van der Waals surface area contributed by atoms with Gasteiger partial charge in [0.25, 0.3) is 0 Å². The zero-order chi connectivity index (χ0) is 12.8. The fourth-order valence-electron chi connectivity index (χ4n) is 1.54. The van der Waals surface area contributed by atoms with E-state index in [1.54, 1.807) is 7.11 Å². The number of hydrogen-bond acceptors (Lipinski definition) is 3. The van der Waals surface area contributed by atoms with Crippen molar-refractivity contribution < 1.29 is 19.4 Å². The lowest BCUT2D eigenvalue weighted by Gasteiger charge is -2.16. The molecule has 1 N–H and O–H groups in total. The molecular formula is C13H18O4. The molecule has 1 aromatic carbocycles. The third kappa shape index (κ3) is 4.44. The molecule has 0 radical (unpaired) electrons. The van der Waals surface area contributed by atoms with Crippen molar-refractivity contribution in [3.05, 3.63) is 29.8 Å². The Kier molecular flexibility index (Phi) is 4.97. The summed E-state index contributed by atoms with van der Waals surface area (Å²) in [6, 6.07) is 7.34. The van der Waals surface area contributed by atoms with Gasteiger partial charge in [-0.3, -0.25) is 0 Å². The lowest BCUT2D eigenvalue weighted by molar-refractivity contribution is -0.153. The van der Waals surface area contributed by atoms with Gasteiger partial charge in [-0.15, -0.1) is 0 Å². The van der Waals surface area contributed by atoms with Gasteiger partial charge in [0, 0.05) is 6.42 Å². The van der Waals surface area contributed by atoms with E-state index in [0.717, 1.165) is 11.3 Å². The van der Waals surface area contributed by atoms with Gasteiger partial charge < -0.3 is 14.6 Å². The number of carbonyl (C=O) groups is 1.